The largest absolute Gasteiger partial charge is 0.388 e. The lowest BCUT2D eigenvalue weighted by atomic mass is 9.96. The first-order chi connectivity index (χ1) is 24.5. The zero-order valence-electron chi connectivity index (χ0n) is 28.5. The number of fused-ring (bicyclic) bond motifs is 1. The van der Waals surface area contributed by atoms with E-state index < -0.39 is 48.0 Å². The summed E-state index contributed by atoms with van der Waals surface area (Å²) in [5, 5.41) is 42.4. The van der Waals surface area contributed by atoms with Gasteiger partial charge in [0.2, 0.25) is 11.9 Å². The Morgan fingerprint density at radius 3 is 2.39 bits per heavy atom. The van der Waals surface area contributed by atoms with E-state index in [4.69, 9.17) is 10.5 Å². The van der Waals surface area contributed by atoms with Crippen molar-refractivity contribution in [3.05, 3.63) is 52.1 Å². The number of aldehydes is 1. The molecular formula is C31H46N10O9S. The van der Waals surface area contributed by atoms with Crippen LogP contribution in [0, 0.1) is 0 Å². The minimum Gasteiger partial charge on any atom is -0.388 e. The Balaban J connectivity index is 0.000000351. The Labute approximate surface area is 299 Å². The van der Waals surface area contributed by atoms with Crippen molar-refractivity contribution in [3.8, 4) is 0 Å². The molecule has 1 aliphatic heterocycles. The van der Waals surface area contributed by atoms with Gasteiger partial charge in [-0.25, -0.2) is 9.97 Å². The summed E-state index contributed by atoms with van der Waals surface area (Å²) in [6, 6.07) is 6.00. The predicted molar refractivity (Wildman–Crippen MR) is 191 cm³/mol. The third-order valence-electron chi connectivity index (χ3n) is 6.96. The number of nitrogen functional groups attached to an aromatic ring is 1. The van der Waals surface area contributed by atoms with Gasteiger partial charge in [0.05, 0.1) is 31.0 Å². The van der Waals surface area contributed by atoms with E-state index in [1.54, 1.807) is 24.3 Å². The Morgan fingerprint density at radius 2 is 1.75 bits per heavy atom. The minimum absolute atomic E-state index is 0.00876. The van der Waals surface area contributed by atoms with E-state index in [9.17, 15) is 39.3 Å². The molecule has 4 rings (SSSR count). The number of nitrogens with one attached hydrogen (secondary N) is 6. The van der Waals surface area contributed by atoms with E-state index in [0.29, 0.717) is 49.5 Å². The summed E-state index contributed by atoms with van der Waals surface area (Å²) in [5.74, 6) is -0.893. The molecule has 5 unspecified atom stereocenters. The Hall–Kier alpha value is -4.73. The summed E-state index contributed by atoms with van der Waals surface area (Å²) in [6.45, 7) is 4.87. The molecule has 2 aromatic heterocycles. The fraction of sp³-hybridized carbons (Fsp3) is 0.484. The van der Waals surface area contributed by atoms with Crippen LogP contribution in [0.5, 0.6) is 0 Å². The number of anilines is 2. The van der Waals surface area contributed by atoms with Crippen LogP contribution in [-0.2, 0) is 25.7 Å². The number of amides is 3. The number of unbranched alkanes of at least 4 members (excludes halogenated alkanes) is 1. The Kier molecular flexibility index (Phi) is 18.4. The van der Waals surface area contributed by atoms with Crippen molar-refractivity contribution in [2.75, 3.05) is 43.5 Å². The van der Waals surface area contributed by atoms with E-state index in [1.165, 1.54) is 13.2 Å². The highest BCUT2D eigenvalue weighted by atomic mass is 32.1. The van der Waals surface area contributed by atoms with Gasteiger partial charge in [0, 0.05) is 36.5 Å². The second-order valence-corrected chi connectivity index (χ2v) is 11.0. The molecule has 20 heteroatoms. The second kappa shape index (κ2) is 22.2. The quantitative estimate of drug-likeness (QED) is 0.0477. The van der Waals surface area contributed by atoms with E-state index in [1.807, 2.05) is 13.8 Å². The SMILES string of the molecule is CC.CNC1C(O)C(O)OC(C(=O)NCC(=O)NCCS)C1O.Nc1nc2ncc(CNc3ccc(C(=O)NCCCC=O)cc3)nc2c(=O)[nH]1. The number of hydrogen-bond donors (Lipinski definition) is 11. The highest BCUT2D eigenvalue weighted by Crippen LogP contribution is 2.20. The molecule has 51 heavy (non-hydrogen) atoms. The van der Waals surface area contributed by atoms with Crippen molar-refractivity contribution < 1.29 is 39.2 Å². The third kappa shape index (κ3) is 13.2. The van der Waals surface area contributed by atoms with E-state index in [0.717, 1.165) is 12.0 Å². The monoisotopic (exact) mass is 734 g/mol. The van der Waals surface area contributed by atoms with Gasteiger partial charge in [0.1, 0.15) is 18.5 Å². The van der Waals surface area contributed by atoms with Crippen molar-refractivity contribution in [1.82, 2.24) is 41.2 Å². The molecule has 5 atom stereocenters. The number of rotatable bonds is 14. The van der Waals surface area contributed by atoms with Gasteiger partial charge in [-0.3, -0.25) is 24.2 Å². The highest BCUT2D eigenvalue weighted by Gasteiger charge is 2.46. The highest BCUT2D eigenvalue weighted by molar-refractivity contribution is 7.80. The van der Waals surface area contributed by atoms with Crippen molar-refractivity contribution in [2.24, 2.45) is 0 Å². The maximum atomic E-state index is 12.0. The number of carbonyl (C=O) groups excluding carboxylic acids is 4. The average molecular weight is 735 g/mol. The molecule has 1 aliphatic rings. The molecule has 3 aromatic rings. The smallest absolute Gasteiger partial charge is 0.280 e. The fourth-order valence-electron chi connectivity index (χ4n) is 4.44. The zero-order valence-corrected chi connectivity index (χ0v) is 29.4. The zero-order chi connectivity index (χ0) is 37.9. The van der Waals surface area contributed by atoms with Gasteiger partial charge in [0.25, 0.3) is 17.4 Å². The topological polar surface area (TPSA) is 296 Å². The van der Waals surface area contributed by atoms with Gasteiger partial charge >= 0.3 is 0 Å². The van der Waals surface area contributed by atoms with Crippen molar-refractivity contribution in [1.29, 1.82) is 0 Å². The fourth-order valence-corrected chi connectivity index (χ4v) is 4.55. The number of ether oxygens (including phenoxy) is 1. The molecule has 1 aromatic carbocycles. The molecule has 0 spiro atoms. The molecular weight excluding hydrogens is 688 g/mol. The summed E-state index contributed by atoms with van der Waals surface area (Å²) in [4.78, 5) is 72.0. The molecule has 1 saturated heterocycles. The number of carbonyl (C=O) groups is 4. The summed E-state index contributed by atoms with van der Waals surface area (Å²) < 4.78 is 4.88. The maximum absolute atomic E-state index is 12.0. The van der Waals surface area contributed by atoms with Crippen LogP contribution >= 0.6 is 12.6 Å². The number of nitrogens with zero attached hydrogens (tertiary/aromatic N) is 3. The number of aromatic amines is 1. The van der Waals surface area contributed by atoms with Gasteiger partial charge in [-0.1, -0.05) is 13.8 Å². The predicted octanol–water partition coefficient (Wildman–Crippen LogP) is -2.18. The minimum atomic E-state index is -1.61. The van der Waals surface area contributed by atoms with Gasteiger partial charge in [-0.05, 0) is 37.7 Å². The van der Waals surface area contributed by atoms with Crippen molar-refractivity contribution in [3.63, 3.8) is 0 Å². The molecule has 19 nitrogen and oxygen atoms in total. The lowest BCUT2D eigenvalue weighted by molar-refractivity contribution is -0.251. The number of thiol groups is 1. The lowest BCUT2D eigenvalue weighted by Gasteiger charge is -2.39. The number of aromatic nitrogens is 4. The first-order valence-electron chi connectivity index (χ1n) is 16.1. The summed E-state index contributed by atoms with van der Waals surface area (Å²) >= 11 is 3.92. The van der Waals surface area contributed by atoms with Crippen molar-refractivity contribution >= 4 is 59.4 Å². The molecule has 280 valence electrons. The number of benzene rings is 1. The third-order valence-corrected chi connectivity index (χ3v) is 7.19. The molecule has 11 N–H and O–H groups in total. The lowest BCUT2D eigenvalue weighted by Crippen LogP contribution is -2.65. The van der Waals surface area contributed by atoms with Crippen LogP contribution in [0.3, 0.4) is 0 Å². The number of aliphatic hydroxyl groups is 3. The molecule has 3 amide bonds. The maximum Gasteiger partial charge on any atom is 0.280 e. The van der Waals surface area contributed by atoms with E-state index in [2.05, 4.69) is 59.1 Å². The van der Waals surface area contributed by atoms with E-state index >= 15 is 0 Å². The molecule has 3 heterocycles. The first-order valence-corrected chi connectivity index (χ1v) is 16.7. The number of likely N-dealkylation sites (N-methyl/N-ethyl adjacent to an activating group) is 1. The van der Waals surface area contributed by atoms with Gasteiger partial charge in [-0.15, -0.1) is 0 Å². The van der Waals surface area contributed by atoms with Crippen LogP contribution in [0.2, 0.25) is 0 Å². The van der Waals surface area contributed by atoms with Gasteiger partial charge in [-0.2, -0.15) is 17.6 Å². The van der Waals surface area contributed by atoms with E-state index in [-0.39, 0.29) is 29.6 Å². The normalized spacial score (nSPS) is 19.3. The average Bonchev–Trinajstić information content (AvgIpc) is 3.13. The number of H-pyrrole nitrogens is 1. The van der Waals surface area contributed by atoms with Crippen LogP contribution in [0.25, 0.3) is 11.2 Å². The van der Waals surface area contributed by atoms with Gasteiger partial charge in [0.15, 0.2) is 23.6 Å². The second-order valence-electron chi connectivity index (χ2n) is 10.5. The van der Waals surface area contributed by atoms with Gasteiger partial charge < -0.3 is 57.2 Å². The van der Waals surface area contributed by atoms with Crippen LogP contribution in [0.15, 0.2) is 35.3 Å². The molecule has 0 aliphatic carbocycles. The molecule has 0 bridgehead atoms. The van der Waals surface area contributed by atoms with Crippen LogP contribution in [0.1, 0.15) is 42.7 Å². The van der Waals surface area contributed by atoms with Crippen LogP contribution < -0.4 is 37.9 Å². The van der Waals surface area contributed by atoms with Crippen LogP contribution in [-0.4, -0.2) is 122 Å². The molecule has 0 saturated carbocycles. The number of hydrogen-bond acceptors (Lipinski definition) is 16. The summed E-state index contributed by atoms with van der Waals surface area (Å²) in [7, 11) is 1.47. The Morgan fingerprint density at radius 1 is 1.04 bits per heavy atom. The summed E-state index contributed by atoms with van der Waals surface area (Å²) in [5.41, 5.74) is 7.21. The number of aliphatic hydroxyl groups excluding tert-OH is 3. The standard InChI is InChI=1S/C18H19N7O3.C11H21N3O6S.C2H6/c19-18-24-15-14(17(28)25-18)23-13(10-22-15)9-21-12-5-3-11(4-6-12)16(27)20-7-1-2-8-26;1-12-6-7(16)9(20-11(19)8(6)17)10(18)14-4-5(15)13-2-3-21;1-2/h3-6,8,10,21H,1-2,7,9H2,(H,20,27)(H3,19,22,24,25,28);6-9,11-12,16-17,19,21H,2-4H2,1H3,(H,13,15)(H,14,18);1-2H3. The van der Waals surface area contributed by atoms with Crippen LogP contribution in [0.4, 0.5) is 11.6 Å². The molecule has 1 fully saturated rings. The summed E-state index contributed by atoms with van der Waals surface area (Å²) in [6.07, 6.45) is -2.35. The first kappa shape index (κ1) is 42.4. The number of nitrogens with two attached hydrogens (primary N) is 1. The molecule has 0 radical (unpaired) electrons. The van der Waals surface area contributed by atoms with Crippen molar-refractivity contribution in [2.45, 2.75) is 63.9 Å². The Bertz CT molecular complexity index is 1630.